The predicted octanol–water partition coefficient (Wildman–Crippen LogP) is 1.04. The molecule has 1 aromatic carbocycles. The van der Waals surface area contributed by atoms with Crippen molar-refractivity contribution in [1.82, 2.24) is 0 Å². The van der Waals surface area contributed by atoms with Gasteiger partial charge in [-0.2, -0.15) is 0 Å². The topological polar surface area (TPSA) is 78.5 Å². The summed E-state index contributed by atoms with van der Waals surface area (Å²) in [5.74, 6) is 0.126. The first kappa shape index (κ1) is 11.8. The first-order chi connectivity index (χ1) is 7.27. The van der Waals surface area contributed by atoms with Crippen LogP contribution >= 0.6 is 0 Å². The second kappa shape index (κ2) is 6.27. The highest BCUT2D eigenvalue weighted by atomic mass is 16.3. The molecule has 0 aromatic heterocycles. The van der Waals surface area contributed by atoms with Crippen LogP contribution in [0.15, 0.2) is 18.2 Å². The van der Waals surface area contributed by atoms with Gasteiger partial charge in [0.05, 0.1) is 6.61 Å². The second-order valence-electron chi connectivity index (χ2n) is 3.42. The zero-order chi connectivity index (χ0) is 11.1. The third kappa shape index (κ3) is 3.77. The van der Waals surface area contributed by atoms with Gasteiger partial charge in [0.15, 0.2) is 0 Å². The van der Waals surface area contributed by atoms with E-state index >= 15 is 0 Å². The molecule has 15 heavy (non-hydrogen) atoms. The summed E-state index contributed by atoms with van der Waals surface area (Å²) in [5.41, 5.74) is 6.78. The molecular formula is C11H18N2O2. The molecule has 1 aromatic rings. The van der Waals surface area contributed by atoms with Crippen molar-refractivity contribution >= 4 is 5.69 Å². The molecule has 84 valence electrons. The van der Waals surface area contributed by atoms with E-state index in [-0.39, 0.29) is 12.4 Å². The standard InChI is InChI=1S/C11H18N2O2/c12-5-1-2-6-13-10-4-3-9(8-14)11(15)7-10/h3-4,7,13-15H,1-2,5-6,8,12H2. The Morgan fingerprint density at radius 1 is 1.27 bits per heavy atom. The number of benzene rings is 1. The van der Waals surface area contributed by atoms with E-state index in [2.05, 4.69) is 5.32 Å². The van der Waals surface area contributed by atoms with Crippen molar-refractivity contribution in [3.63, 3.8) is 0 Å². The van der Waals surface area contributed by atoms with Crippen LogP contribution < -0.4 is 11.1 Å². The number of unbranched alkanes of at least 4 members (excludes halogenated alkanes) is 1. The third-order valence-corrected chi connectivity index (χ3v) is 2.22. The van der Waals surface area contributed by atoms with Gasteiger partial charge in [-0.3, -0.25) is 0 Å². The minimum absolute atomic E-state index is 0.126. The highest BCUT2D eigenvalue weighted by Gasteiger charge is 2.00. The molecule has 4 nitrogen and oxygen atoms in total. The van der Waals surface area contributed by atoms with Gasteiger partial charge < -0.3 is 21.3 Å². The number of hydrogen-bond donors (Lipinski definition) is 4. The van der Waals surface area contributed by atoms with Crippen molar-refractivity contribution in [2.24, 2.45) is 5.73 Å². The van der Waals surface area contributed by atoms with Gasteiger partial charge >= 0.3 is 0 Å². The van der Waals surface area contributed by atoms with Crippen molar-refractivity contribution in [3.05, 3.63) is 23.8 Å². The monoisotopic (exact) mass is 210 g/mol. The molecule has 0 radical (unpaired) electrons. The molecule has 4 heteroatoms. The van der Waals surface area contributed by atoms with E-state index in [0.29, 0.717) is 12.1 Å². The van der Waals surface area contributed by atoms with Crippen LogP contribution in [0.3, 0.4) is 0 Å². The molecule has 0 aliphatic heterocycles. The number of hydrogen-bond acceptors (Lipinski definition) is 4. The number of aromatic hydroxyl groups is 1. The van der Waals surface area contributed by atoms with Crippen molar-refractivity contribution in [3.8, 4) is 5.75 Å². The minimum Gasteiger partial charge on any atom is -0.508 e. The lowest BCUT2D eigenvalue weighted by molar-refractivity contribution is 0.275. The number of nitrogens with two attached hydrogens (primary N) is 1. The number of aliphatic hydroxyl groups excluding tert-OH is 1. The number of anilines is 1. The van der Waals surface area contributed by atoms with Crippen LogP contribution in [0.2, 0.25) is 0 Å². The van der Waals surface area contributed by atoms with E-state index < -0.39 is 0 Å². The summed E-state index contributed by atoms with van der Waals surface area (Å²) >= 11 is 0. The fraction of sp³-hybridized carbons (Fsp3) is 0.455. The Morgan fingerprint density at radius 2 is 2.07 bits per heavy atom. The fourth-order valence-electron chi connectivity index (χ4n) is 1.31. The predicted molar refractivity (Wildman–Crippen MR) is 60.8 cm³/mol. The molecule has 0 saturated carbocycles. The number of aliphatic hydroxyl groups is 1. The molecular weight excluding hydrogens is 192 g/mol. The van der Waals surface area contributed by atoms with Crippen LogP contribution in [0, 0.1) is 0 Å². The molecule has 0 aliphatic rings. The molecule has 5 N–H and O–H groups in total. The minimum atomic E-state index is -0.140. The highest BCUT2D eigenvalue weighted by molar-refractivity contribution is 5.51. The quantitative estimate of drug-likeness (QED) is 0.529. The van der Waals surface area contributed by atoms with E-state index in [0.717, 1.165) is 25.1 Å². The maximum absolute atomic E-state index is 9.47. The lowest BCUT2D eigenvalue weighted by Crippen LogP contribution is -2.05. The fourth-order valence-corrected chi connectivity index (χ4v) is 1.31. The summed E-state index contributed by atoms with van der Waals surface area (Å²) in [4.78, 5) is 0. The summed E-state index contributed by atoms with van der Waals surface area (Å²) < 4.78 is 0. The summed E-state index contributed by atoms with van der Waals surface area (Å²) in [6.07, 6.45) is 2.01. The molecule has 0 spiro atoms. The van der Waals surface area contributed by atoms with Gasteiger partial charge in [-0.1, -0.05) is 6.07 Å². The molecule has 0 saturated heterocycles. The van der Waals surface area contributed by atoms with Crippen LogP contribution in [-0.2, 0) is 6.61 Å². The summed E-state index contributed by atoms with van der Waals surface area (Å²) in [6.45, 7) is 1.41. The largest absolute Gasteiger partial charge is 0.508 e. The van der Waals surface area contributed by atoms with Crippen LogP contribution in [-0.4, -0.2) is 23.3 Å². The molecule has 0 atom stereocenters. The Balaban J connectivity index is 2.45. The Labute approximate surface area is 89.7 Å². The van der Waals surface area contributed by atoms with E-state index in [9.17, 15) is 5.11 Å². The smallest absolute Gasteiger partial charge is 0.123 e. The van der Waals surface area contributed by atoms with Gasteiger partial charge in [0.1, 0.15) is 5.75 Å². The molecule has 0 unspecified atom stereocenters. The third-order valence-electron chi connectivity index (χ3n) is 2.22. The van der Waals surface area contributed by atoms with Crippen molar-refractivity contribution in [2.45, 2.75) is 19.4 Å². The van der Waals surface area contributed by atoms with Gasteiger partial charge in [0, 0.05) is 23.9 Å². The average molecular weight is 210 g/mol. The first-order valence-corrected chi connectivity index (χ1v) is 5.14. The van der Waals surface area contributed by atoms with Crippen molar-refractivity contribution in [1.29, 1.82) is 0 Å². The zero-order valence-corrected chi connectivity index (χ0v) is 8.74. The Morgan fingerprint density at radius 3 is 2.67 bits per heavy atom. The van der Waals surface area contributed by atoms with Gasteiger partial charge in [0.25, 0.3) is 0 Å². The highest BCUT2D eigenvalue weighted by Crippen LogP contribution is 2.21. The number of rotatable bonds is 6. The van der Waals surface area contributed by atoms with E-state index in [4.69, 9.17) is 10.8 Å². The maximum atomic E-state index is 9.47. The Bertz CT molecular complexity index is 303. The van der Waals surface area contributed by atoms with E-state index in [1.165, 1.54) is 0 Å². The van der Waals surface area contributed by atoms with E-state index in [1.54, 1.807) is 12.1 Å². The van der Waals surface area contributed by atoms with Crippen LogP contribution in [0.4, 0.5) is 5.69 Å². The molecule has 0 amide bonds. The number of nitrogens with one attached hydrogen (secondary N) is 1. The molecule has 0 fully saturated rings. The van der Waals surface area contributed by atoms with Crippen LogP contribution in [0.25, 0.3) is 0 Å². The molecule has 0 heterocycles. The van der Waals surface area contributed by atoms with Gasteiger partial charge in [-0.15, -0.1) is 0 Å². The van der Waals surface area contributed by atoms with Gasteiger partial charge in [-0.05, 0) is 25.5 Å². The average Bonchev–Trinajstić information content (AvgIpc) is 2.25. The molecule has 1 rings (SSSR count). The Kier molecular flexibility index (Phi) is 4.93. The number of phenols is 1. The summed E-state index contributed by atoms with van der Waals surface area (Å²) in [7, 11) is 0. The van der Waals surface area contributed by atoms with E-state index in [1.807, 2.05) is 6.07 Å². The molecule has 0 aliphatic carbocycles. The summed E-state index contributed by atoms with van der Waals surface area (Å²) in [6, 6.07) is 5.17. The van der Waals surface area contributed by atoms with Crippen LogP contribution in [0.1, 0.15) is 18.4 Å². The van der Waals surface area contributed by atoms with Gasteiger partial charge in [-0.25, -0.2) is 0 Å². The first-order valence-electron chi connectivity index (χ1n) is 5.14. The van der Waals surface area contributed by atoms with Crippen molar-refractivity contribution in [2.75, 3.05) is 18.4 Å². The van der Waals surface area contributed by atoms with Crippen LogP contribution in [0.5, 0.6) is 5.75 Å². The zero-order valence-electron chi connectivity index (χ0n) is 8.74. The lowest BCUT2D eigenvalue weighted by atomic mass is 10.2. The molecule has 0 bridgehead atoms. The maximum Gasteiger partial charge on any atom is 0.123 e. The SMILES string of the molecule is NCCCCNc1ccc(CO)c(O)c1. The van der Waals surface area contributed by atoms with Crippen molar-refractivity contribution < 1.29 is 10.2 Å². The Hall–Kier alpha value is -1.26. The lowest BCUT2D eigenvalue weighted by Gasteiger charge is -2.08. The summed E-state index contributed by atoms with van der Waals surface area (Å²) in [5, 5.41) is 21.5. The normalized spacial score (nSPS) is 10.3. The second-order valence-corrected chi connectivity index (χ2v) is 3.42. The van der Waals surface area contributed by atoms with Gasteiger partial charge in [0.2, 0.25) is 0 Å².